The Hall–Kier alpha value is -2.21. The van der Waals surface area contributed by atoms with Gasteiger partial charge in [-0.1, -0.05) is 19.1 Å². The molecule has 0 unspecified atom stereocenters. The molecule has 0 fully saturated rings. The number of rotatable bonds is 7. The third-order valence-corrected chi connectivity index (χ3v) is 4.34. The predicted molar refractivity (Wildman–Crippen MR) is 86.0 cm³/mol. The number of ether oxygens (including phenoxy) is 2. The summed E-state index contributed by atoms with van der Waals surface area (Å²) in [6, 6.07) is 13.2. The van der Waals surface area contributed by atoms with Crippen LogP contribution in [-0.4, -0.2) is 22.1 Å². The lowest BCUT2D eigenvalue weighted by Gasteiger charge is -2.12. The molecule has 5 nitrogen and oxygen atoms in total. The van der Waals surface area contributed by atoms with Crippen LogP contribution in [-0.2, 0) is 10.0 Å². The molecule has 2 rings (SSSR count). The first-order valence-corrected chi connectivity index (χ1v) is 8.44. The van der Waals surface area contributed by atoms with E-state index < -0.39 is 10.0 Å². The van der Waals surface area contributed by atoms with Gasteiger partial charge in [0, 0.05) is 0 Å². The number of hydrogen-bond acceptors (Lipinski definition) is 4. The number of benzene rings is 2. The predicted octanol–water partition coefficient (Wildman–Crippen LogP) is 3.28. The Balaban J connectivity index is 2.19. The van der Waals surface area contributed by atoms with Crippen LogP contribution in [0.2, 0.25) is 0 Å². The lowest BCUT2D eigenvalue weighted by atomic mass is 10.3. The van der Waals surface area contributed by atoms with Crippen LogP contribution in [0.15, 0.2) is 53.4 Å². The molecule has 0 bridgehead atoms. The first kappa shape index (κ1) is 16.2. The maximum absolute atomic E-state index is 12.4. The highest BCUT2D eigenvalue weighted by molar-refractivity contribution is 7.92. The fourth-order valence-corrected chi connectivity index (χ4v) is 2.94. The smallest absolute Gasteiger partial charge is 0.262 e. The summed E-state index contributed by atoms with van der Waals surface area (Å²) in [5, 5.41) is 0. The summed E-state index contributed by atoms with van der Waals surface area (Å²) < 4.78 is 37.9. The van der Waals surface area contributed by atoms with Crippen LogP contribution in [0, 0.1) is 0 Å². The molecule has 0 amide bonds. The van der Waals surface area contributed by atoms with Crippen molar-refractivity contribution in [1.29, 1.82) is 0 Å². The van der Waals surface area contributed by atoms with E-state index in [4.69, 9.17) is 9.47 Å². The van der Waals surface area contributed by atoms with Gasteiger partial charge in [0.25, 0.3) is 10.0 Å². The highest BCUT2D eigenvalue weighted by Crippen LogP contribution is 2.26. The zero-order valence-corrected chi connectivity index (χ0v) is 13.4. The first-order valence-electron chi connectivity index (χ1n) is 6.95. The number of nitrogens with one attached hydrogen (secondary N) is 1. The molecule has 22 heavy (non-hydrogen) atoms. The van der Waals surface area contributed by atoms with Crippen molar-refractivity contribution in [3.8, 4) is 11.5 Å². The Morgan fingerprint density at radius 1 is 1.05 bits per heavy atom. The second kappa shape index (κ2) is 7.17. The van der Waals surface area contributed by atoms with E-state index in [-0.39, 0.29) is 4.90 Å². The van der Waals surface area contributed by atoms with Gasteiger partial charge < -0.3 is 9.47 Å². The van der Waals surface area contributed by atoms with Crippen molar-refractivity contribution in [3.63, 3.8) is 0 Å². The lowest BCUT2D eigenvalue weighted by molar-refractivity contribution is 0.317. The summed E-state index contributed by atoms with van der Waals surface area (Å²) in [6.45, 7) is 2.61. The number of para-hydroxylation sites is 2. The average Bonchev–Trinajstić information content (AvgIpc) is 2.53. The van der Waals surface area contributed by atoms with Gasteiger partial charge in [0.05, 0.1) is 24.3 Å². The molecule has 6 heteroatoms. The Bertz CT molecular complexity index is 711. The molecule has 0 atom stereocenters. The van der Waals surface area contributed by atoms with Crippen molar-refractivity contribution >= 4 is 15.7 Å². The molecule has 0 aromatic heterocycles. The van der Waals surface area contributed by atoms with Crippen molar-refractivity contribution < 1.29 is 17.9 Å². The molecular weight excluding hydrogens is 302 g/mol. The first-order chi connectivity index (χ1) is 10.6. The minimum absolute atomic E-state index is 0.169. The van der Waals surface area contributed by atoms with Crippen molar-refractivity contribution in [2.45, 2.75) is 18.2 Å². The van der Waals surface area contributed by atoms with Gasteiger partial charge in [-0.2, -0.15) is 0 Å². The zero-order chi connectivity index (χ0) is 16.0. The summed E-state index contributed by atoms with van der Waals surface area (Å²) in [5.74, 6) is 1.12. The molecule has 0 aliphatic carbocycles. The molecule has 0 radical (unpaired) electrons. The molecule has 118 valence electrons. The summed E-state index contributed by atoms with van der Waals surface area (Å²) in [5.41, 5.74) is 0.399. The van der Waals surface area contributed by atoms with Gasteiger partial charge in [-0.15, -0.1) is 0 Å². The summed E-state index contributed by atoms with van der Waals surface area (Å²) in [7, 11) is -2.18. The van der Waals surface area contributed by atoms with E-state index in [2.05, 4.69) is 4.72 Å². The topological polar surface area (TPSA) is 64.6 Å². The van der Waals surface area contributed by atoms with E-state index in [9.17, 15) is 8.42 Å². The van der Waals surface area contributed by atoms with Gasteiger partial charge in [-0.05, 0) is 42.8 Å². The fourth-order valence-electron chi connectivity index (χ4n) is 1.87. The quantitative estimate of drug-likeness (QED) is 0.850. The lowest BCUT2D eigenvalue weighted by Crippen LogP contribution is -2.13. The van der Waals surface area contributed by atoms with E-state index in [0.29, 0.717) is 23.8 Å². The van der Waals surface area contributed by atoms with E-state index in [1.807, 2.05) is 6.92 Å². The Morgan fingerprint density at radius 3 is 2.36 bits per heavy atom. The molecule has 0 saturated carbocycles. The maximum atomic E-state index is 12.4. The van der Waals surface area contributed by atoms with E-state index >= 15 is 0 Å². The van der Waals surface area contributed by atoms with Crippen LogP contribution < -0.4 is 14.2 Å². The minimum atomic E-state index is -3.67. The Labute approximate surface area is 130 Å². The van der Waals surface area contributed by atoms with Crippen LogP contribution in [0.4, 0.5) is 5.69 Å². The fraction of sp³-hybridized carbons (Fsp3) is 0.250. The third kappa shape index (κ3) is 3.92. The van der Waals surface area contributed by atoms with Gasteiger partial charge in [-0.25, -0.2) is 8.42 Å². The third-order valence-electron chi connectivity index (χ3n) is 2.96. The van der Waals surface area contributed by atoms with Crippen molar-refractivity contribution in [2.75, 3.05) is 18.4 Å². The van der Waals surface area contributed by atoms with Crippen LogP contribution in [0.5, 0.6) is 11.5 Å². The average molecular weight is 321 g/mol. The molecular formula is C16H19NO4S. The molecule has 2 aromatic rings. The highest BCUT2D eigenvalue weighted by atomic mass is 32.2. The van der Waals surface area contributed by atoms with Gasteiger partial charge in [0.1, 0.15) is 11.5 Å². The second-order valence-corrected chi connectivity index (χ2v) is 6.31. The second-order valence-electron chi connectivity index (χ2n) is 4.63. The number of methoxy groups -OCH3 is 1. The minimum Gasteiger partial charge on any atom is -0.495 e. The van der Waals surface area contributed by atoms with Crippen LogP contribution in [0.1, 0.15) is 13.3 Å². The van der Waals surface area contributed by atoms with Gasteiger partial charge in [0.2, 0.25) is 0 Å². The summed E-state index contributed by atoms with van der Waals surface area (Å²) in [6.07, 6.45) is 0.898. The number of anilines is 1. The van der Waals surface area contributed by atoms with Crippen LogP contribution >= 0.6 is 0 Å². The van der Waals surface area contributed by atoms with Crippen LogP contribution in [0.3, 0.4) is 0 Å². The van der Waals surface area contributed by atoms with Gasteiger partial charge in [-0.3, -0.25) is 4.72 Å². The number of hydrogen-bond donors (Lipinski definition) is 1. The molecule has 0 spiro atoms. The summed E-state index contributed by atoms with van der Waals surface area (Å²) in [4.78, 5) is 0.169. The number of sulfonamides is 1. The van der Waals surface area contributed by atoms with E-state index in [1.165, 1.54) is 19.2 Å². The van der Waals surface area contributed by atoms with Crippen molar-refractivity contribution in [1.82, 2.24) is 0 Å². The SMILES string of the molecule is CCCOc1ccc(S(=O)(=O)Nc2ccccc2OC)cc1. The standard InChI is InChI=1S/C16H19NO4S/c1-3-12-21-13-8-10-14(11-9-13)22(18,19)17-15-6-4-5-7-16(15)20-2/h4-11,17H,3,12H2,1-2H3. The van der Waals surface area contributed by atoms with Crippen molar-refractivity contribution in [2.24, 2.45) is 0 Å². The zero-order valence-electron chi connectivity index (χ0n) is 12.6. The van der Waals surface area contributed by atoms with Gasteiger partial charge >= 0.3 is 0 Å². The van der Waals surface area contributed by atoms with Crippen LogP contribution in [0.25, 0.3) is 0 Å². The Kier molecular flexibility index (Phi) is 5.27. The molecule has 1 N–H and O–H groups in total. The Morgan fingerprint density at radius 2 is 1.73 bits per heavy atom. The molecule has 0 aliphatic heterocycles. The monoisotopic (exact) mass is 321 g/mol. The summed E-state index contributed by atoms with van der Waals surface area (Å²) >= 11 is 0. The van der Waals surface area contributed by atoms with Crippen molar-refractivity contribution in [3.05, 3.63) is 48.5 Å². The van der Waals surface area contributed by atoms with E-state index in [0.717, 1.165) is 6.42 Å². The molecule has 0 aliphatic rings. The highest BCUT2D eigenvalue weighted by Gasteiger charge is 2.16. The maximum Gasteiger partial charge on any atom is 0.262 e. The molecule has 0 saturated heterocycles. The molecule has 0 heterocycles. The van der Waals surface area contributed by atoms with E-state index in [1.54, 1.807) is 36.4 Å². The van der Waals surface area contributed by atoms with Gasteiger partial charge in [0.15, 0.2) is 0 Å². The molecule has 2 aromatic carbocycles. The largest absolute Gasteiger partial charge is 0.495 e. The normalized spacial score (nSPS) is 11.0.